The molecule has 0 saturated carbocycles. The van der Waals surface area contributed by atoms with Crippen molar-refractivity contribution < 1.29 is 0 Å². The molecular weight excluding hydrogens is 212 g/mol. The summed E-state index contributed by atoms with van der Waals surface area (Å²) >= 11 is 0. The van der Waals surface area contributed by atoms with Gasteiger partial charge < -0.3 is 5.32 Å². The van der Waals surface area contributed by atoms with Crippen LogP contribution >= 0.6 is 0 Å². The Bertz CT molecular complexity index is 319. The lowest BCUT2D eigenvalue weighted by atomic mass is 9.85. The Morgan fingerprint density at radius 3 is 2.53 bits per heavy atom. The Labute approximate surface area is 105 Å². The maximum Gasteiger partial charge on any atom is 0.0830 e. The fraction of sp³-hybridized carbons (Fsp3) is 0.846. The molecule has 0 aliphatic heterocycles. The normalized spacial score (nSPS) is 15.2. The van der Waals surface area contributed by atoms with Crippen LogP contribution in [0.15, 0.2) is 6.20 Å². The van der Waals surface area contributed by atoms with Crippen LogP contribution in [0.3, 0.4) is 0 Å². The van der Waals surface area contributed by atoms with Gasteiger partial charge in [-0.05, 0) is 38.1 Å². The Kier molecular flexibility index (Phi) is 5.62. The van der Waals surface area contributed by atoms with Gasteiger partial charge in [-0.2, -0.15) is 0 Å². The first-order chi connectivity index (χ1) is 8.04. The van der Waals surface area contributed by atoms with Crippen LogP contribution in [0.5, 0.6) is 0 Å². The van der Waals surface area contributed by atoms with Gasteiger partial charge in [0.25, 0.3) is 0 Å². The lowest BCUT2D eigenvalue weighted by molar-refractivity contribution is 0.287. The van der Waals surface area contributed by atoms with Crippen LogP contribution in [0.25, 0.3) is 0 Å². The molecule has 1 aromatic heterocycles. The predicted molar refractivity (Wildman–Crippen MR) is 70.8 cm³/mol. The van der Waals surface area contributed by atoms with Crippen LogP contribution < -0.4 is 5.32 Å². The fourth-order valence-electron chi connectivity index (χ4n) is 2.24. The Morgan fingerprint density at radius 1 is 1.35 bits per heavy atom. The van der Waals surface area contributed by atoms with Crippen molar-refractivity contribution in [1.29, 1.82) is 0 Å². The molecule has 1 N–H and O–H groups in total. The van der Waals surface area contributed by atoms with E-state index in [1.807, 2.05) is 13.2 Å². The Balaban J connectivity index is 2.59. The lowest BCUT2D eigenvalue weighted by Crippen LogP contribution is -2.37. The number of nitrogens with zero attached hydrogens (tertiary/aromatic N) is 3. The molecule has 1 rings (SSSR count). The summed E-state index contributed by atoms with van der Waals surface area (Å²) in [5.74, 6) is 1.26. The summed E-state index contributed by atoms with van der Waals surface area (Å²) in [7, 11) is 1.92. The predicted octanol–water partition coefficient (Wildman–Crippen LogP) is 2.02. The summed E-state index contributed by atoms with van der Waals surface area (Å²) in [5.41, 5.74) is 1.09. The smallest absolute Gasteiger partial charge is 0.0830 e. The molecule has 0 aromatic carbocycles. The molecule has 4 heteroatoms. The molecule has 4 nitrogen and oxygen atoms in total. The van der Waals surface area contributed by atoms with Gasteiger partial charge in [0, 0.05) is 19.3 Å². The number of nitrogens with one attached hydrogen (secondary N) is 1. The van der Waals surface area contributed by atoms with Crippen molar-refractivity contribution in [2.45, 2.75) is 46.6 Å². The summed E-state index contributed by atoms with van der Waals surface area (Å²) in [4.78, 5) is 0. The molecule has 0 bridgehead atoms. The highest BCUT2D eigenvalue weighted by Crippen LogP contribution is 2.19. The second-order valence-electron chi connectivity index (χ2n) is 5.24. The van der Waals surface area contributed by atoms with E-state index in [1.165, 1.54) is 6.42 Å². The van der Waals surface area contributed by atoms with Crippen molar-refractivity contribution >= 4 is 0 Å². The van der Waals surface area contributed by atoms with Gasteiger partial charge in [0.05, 0.1) is 5.69 Å². The molecule has 0 fully saturated rings. The SMILES string of the molecule is CCCNC(C)C(Cc1cn(C)nn1)C(C)C. The van der Waals surface area contributed by atoms with E-state index in [9.17, 15) is 0 Å². The van der Waals surface area contributed by atoms with Gasteiger partial charge in [-0.1, -0.05) is 26.0 Å². The van der Waals surface area contributed by atoms with Crippen molar-refractivity contribution in [3.8, 4) is 0 Å². The van der Waals surface area contributed by atoms with Crippen LogP contribution in [0.4, 0.5) is 0 Å². The fourth-order valence-corrected chi connectivity index (χ4v) is 2.24. The first kappa shape index (κ1) is 14.2. The summed E-state index contributed by atoms with van der Waals surface area (Å²) in [5, 5.41) is 11.8. The summed E-state index contributed by atoms with van der Waals surface area (Å²) in [6.07, 6.45) is 4.20. The van der Waals surface area contributed by atoms with Crippen molar-refractivity contribution in [1.82, 2.24) is 20.3 Å². The lowest BCUT2D eigenvalue weighted by Gasteiger charge is -2.27. The van der Waals surface area contributed by atoms with Gasteiger partial charge in [0.1, 0.15) is 0 Å². The third-order valence-corrected chi connectivity index (χ3v) is 3.31. The van der Waals surface area contributed by atoms with E-state index in [-0.39, 0.29) is 0 Å². The minimum Gasteiger partial charge on any atom is -0.314 e. The molecular formula is C13H26N4. The molecule has 0 saturated heterocycles. The van der Waals surface area contributed by atoms with Crippen LogP contribution in [-0.4, -0.2) is 27.6 Å². The van der Waals surface area contributed by atoms with Crippen molar-refractivity contribution in [2.24, 2.45) is 18.9 Å². The standard InChI is InChI=1S/C13H26N4/c1-6-7-14-11(4)13(10(2)3)8-12-9-17(5)16-15-12/h9-11,13-14H,6-8H2,1-5H3. The molecule has 0 aliphatic carbocycles. The minimum absolute atomic E-state index is 0.525. The second-order valence-corrected chi connectivity index (χ2v) is 5.24. The molecule has 0 spiro atoms. The number of rotatable bonds is 7. The molecule has 0 aliphatic rings. The zero-order chi connectivity index (χ0) is 12.8. The molecule has 1 aromatic rings. The van der Waals surface area contributed by atoms with Crippen LogP contribution in [-0.2, 0) is 13.5 Å². The summed E-state index contributed by atoms with van der Waals surface area (Å²) < 4.78 is 1.77. The average molecular weight is 238 g/mol. The monoisotopic (exact) mass is 238 g/mol. The zero-order valence-corrected chi connectivity index (χ0v) is 11.8. The highest BCUT2D eigenvalue weighted by atomic mass is 15.4. The molecule has 1 heterocycles. The quantitative estimate of drug-likeness (QED) is 0.790. The van der Waals surface area contributed by atoms with Crippen LogP contribution in [0.2, 0.25) is 0 Å². The zero-order valence-electron chi connectivity index (χ0n) is 11.8. The molecule has 0 radical (unpaired) electrons. The number of aryl methyl sites for hydroxylation is 1. The first-order valence-electron chi connectivity index (χ1n) is 6.63. The third kappa shape index (κ3) is 4.46. The van der Waals surface area contributed by atoms with E-state index < -0.39 is 0 Å². The van der Waals surface area contributed by atoms with Crippen LogP contribution in [0.1, 0.15) is 39.8 Å². The van der Waals surface area contributed by atoms with Gasteiger partial charge in [-0.3, -0.25) is 4.68 Å². The van der Waals surface area contributed by atoms with E-state index in [0.29, 0.717) is 17.9 Å². The molecule has 2 unspecified atom stereocenters. The average Bonchev–Trinajstić information content (AvgIpc) is 2.68. The Hall–Kier alpha value is -0.900. The largest absolute Gasteiger partial charge is 0.314 e. The van der Waals surface area contributed by atoms with E-state index in [4.69, 9.17) is 0 Å². The minimum atomic E-state index is 0.525. The van der Waals surface area contributed by atoms with E-state index in [0.717, 1.165) is 18.7 Å². The van der Waals surface area contributed by atoms with E-state index in [2.05, 4.69) is 43.3 Å². The van der Waals surface area contributed by atoms with Gasteiger partial charge in [-0.25, -0.2) is 0 Å². The van der Waals surface area contributed by atoms with Crippen LogP contribution in [0, 0.1) is 11.8 Å². The molecule has 98 valence electrons. The van der Waals surface area contributed by atoms with Gasteiger partial charge >= 0.3 is 0 Å². The third-order valence-electron chi connectivity index (χ3n) is 3.31. The summed E-state index contributed by atoms with van der Waals surface area (Å²) in [6, 6.07) is 0.525. The van der Waals surface area contributed by atoms with Gasteiger partial charge in [0.15, 0.2) is 0 Å². The first-order valence-corrected chi connectivity index (χ1v) is 6.63. The molecule has 17 heavy (non-hydrogen) atoms. The topological polar surface area (TPSA) is 42.7 Å². The highest BCUT2D eigenvalue weighted by molar-refractivity contribution is 4.96. The second kappa shape index (κ2) is 6.74. The Morgan fingerprint density at radius 2 is 2.06 bits per heavy atom. The maximum atomic E-state index is 4.19. The van der Waals surface area contributed by atoms with E-state index >= 15 is 0 Å². The van der Waals surface area contributed by atoms with E-state index in [1.54, 1.807) is 4.68 Å². The van der Waals surface area contributed by atoms with Gasteiger partial charge in [0.2, 0.25) is 0 Å². The molecule has 0 amide bonds. The number of hydrogen-bond acceptors (Lipinski definition) is 3. The van der Waals surface area contributed by atoms with Crippen molar-refractivity contribution in [2.75, 3.05) is 6.54 Å². The number of aromatic nitrogens is 3. The van der Waals surface area contributed by atoms with Gasteiger partial charge in [-0.15, -0.1) is 5.10 Å². The summed E-state index contributed by atoms with van der Waals surface area (Å²) in [6.45, 7) is 10.1. The highest BCUT2D eigenvalue weighted by Gasteiger charge is 2.21. The number of hydrogen-bond donors (Lipinski definition) is 1. The molecule has 2 atom stereocenters. The maximum absolute atomic E-state index is 4.19. The van der Waals surface area contributed by atoms with Crippen molar-refractivity contribution in [3.05, 3.63) is 11.9 Å². The van der Waals surface area contributed by atoms with Crippen molar-refractivity contribution in [3.63, 3.8) is 0 Å².